The maximum Gasteiger partial charge on any atom is 0.274 e. The highest BCUT2D eigenvalue weighted by Gasteiger charge is 2.07. The molecule has 0 bridgehead atoms. The molecule has 0 radical (unpaired) electrons. The standard InChI is InChI=1S/C13H16N8O2S/c1-16-11(6-21(22)23)17-5-8-3-2-4-9(18-8)10-7-24-13(19-10)20-12(14)15/h2-4,6-7,16-17H,5H2,1H3,(H4,14,15,19,20)/b11-6+. The Kier molecular flexibility index (Phi) is 5.63. The third-order valence-electron chi connectivity index (χ3n) is 2.75. The van der Waals surface area contributed by atoms with Gasteiger partial charge in [-0.2, -0.15) is 4.99 Å². The first kappa shape index (κ1) is 17.1. The van der Waals surface area contributed by atoms with Gasteiger partial charge in [0.1, 0.15) is 5.69 Å². The molecule has 126 valence electrons. The molecular weight excluding hydrogens is 332 g/mol. The van der Waals surface area contributed by atoms with E-state index in [9.17, 15) is 10.1 Å². The fraction of sp³-hybridized carbons (Fsp3) is 0.154. The normalized spacial score (nSPS) is 11.0. The molecule has 11 heteroatoms. The van der Waals surface area contributed by atoms with Crippen molar-refractivity contribution in [3.63, 3.8) is 0 Å². The SMILES string of the molecule is CN/C(=C\[N+](=O)[O-])NCc1cccc(-c2csc(N=C(N)N)n2)n1. The Hall–Kier alpha value is -3.21. The van der Waals surface area contributed by atoms with Crippen molar-refractivity contribution >= 4 is 22.4 Å². The number of nitrogens with zero attached hydrogens (tertiary/aromatic N) is 4. The van der Waals surface area contributed by atoms with Crippen molar-refractivity contribution in [3.05, 3.63) is 51.4 Å². The summed E-state index contributed by atoms with van der Waals surface area (Å²) in [6.07, 6.45) is 0.853. The first-order valence-corrected chi connectivity index (χ1v) is 7.64. The molecule has 24 heavy (non-hydrogen) atoms. The van der Waals surface area contributed by atoms with Gasteiger partial charge in [-0.05, 0) is 12.1 Å². The summed E-state index contributed by atoms with van der Waals surface area (Å²) < 4.78 is 0. The van der Waals surface area contributed by atoms with Gasteiger partial charge >= 0.3 is 0 Å². The smallest absolute Gasteiger partial charge is 0.274 e. The van der Waals surface area contributed by atoms with Gasteiger partial charge in [-0.15, -0.1) is 11.3 Å². The van der Waals surface area contributed by atoms with E-state index in [-0.39, 0.29) is 11.8 Å². The molecule has 2 heterocycles. The van der Waals surface area contributed by atoms with Crippen LogP contribution in [-0.4, -0.2) is 27.9 Å². The third kappa shape index (κ3) is 4.91. The largest absolute Gasteiger partial charge is 0.370 e. The van der Waals surface area contributed by atoms with E-state index >= 15 is 0 Å². The fourth-order valence-corrected chi connectivity index (χ4v) is 2.45. The summed E-state index contributed by atoms with van der Waals surface area (Å²) in [6, 6.07) is 5.44. The summed E-state index contributed by atoms with van der Waals surface area (Å²) in [5, 5.41) is 18.3. The van der Waals surface area contributed by atoms with Crippen LogP contribution in [0.5, 0.6) is 0 Å². The number of rotatable bonds is 7. The van der Waals surface area contributed by atoms with Crippen molar-refractivity contribution in [1.29, 1.82) is 0 Å². The van der Waals surface area contributed by atoms with Crippen LogP contribution in [0.1, 0.15) is 5.69 Å². The van der Waals surface area contributed by atoms with Crippen LogP contribution < -0.4 is 22.1 Å². The van der Waals surface area contributed by atoms with E-state index in [4.69, 9.17) is 11.5 Å². The number of guanidine groups is 1. The van der Waals surface area contributed by atoms with Crippen LogP contribution in [-0.2, 0) is 6.54 Å². The van der Waals surface area contributed by atoms with Crippen LogP contribution in [0.15, 0.2) is 40.6 Å². The Morgan fingerprint density at radius 1 is 1.42 bits per heavy atom. The van der Waals surface area contributed by atoms with E-state index in [0.717, 1.165) is 6.20 Å². The zero-order valence-corrected chi connectivity index (χ0v) is 13.6. The summed E-state index contributed by atoms with van der Waals surface area (Å²) in [6.45, 7) is 0.319. The van der Waals surface area contributed by atoms with Crippen molar-refractivity contribution in [1.82, 2.24) is 20.6 Å². The van der Waals surface area contributed by atoms with Gasteiger partial charge in [0.25, 0.3) is 6.20 Å². The molecular formula is C13H16N8O2S. The maximum atomic E-state index is 10.5. The van der Waals surface area contributed by atoms with Gasteiger partial charge in [-0.1, -0.05) is 6.07 Å². The average molecular weight is 348 g/mol. The van der Waals surface area contributed by atoms with Crippen LogP contribution in [0.3, 0.4) is 0 Å². The predicted molar refractivity (Wildman–Crippen MR) is 91.8 cm³/mol. The summed E-state index contributed by atoms with van der Waals surface area (Å²) in [4.78, 5) is 22.6. The molecule has 2 aromatic rings. The second-order valence-corrected chi connectivity index (χ2v) is 5.33. The molecule has 0 aliphatic carbocycles. The van der Waals surface area contributed by atoms with Crippen molar-refractivity contribution in [2.75, 3.05) is 7.05 Å². The van der Waals surface area contributed by atoms with Crippen LogP contribution >= 0.6 is 11.3 Å². The summed E-state index contributed by atoms with van der Waals surface area (Å²) in [5.74, 6) is 0.231. The van der Waals surface area contributed by atoms with Crippen LogP contribution in [0.4, 0.5) is 5.13 Å². The van der Waals surface area contributed by atoms with Gasteiger partial charge in [0, 0.05) is 12.4 Å². The molecule has 0 amide bonds. The highest BCUT2D eigenvalue weighted by molar-refractivity contribution is 7.13. The quantitative estimate of drug-likeness (QED) is 0.244. The number of thiazole rings is 1. The monoisotopic (exact) mass is 348 g/mol. The number of nitrogens with one attached hydrogen (secondary N) is 2. The van der Waals surface area contributed by atoms with E-state index < -0.39 is 4.92 Å². The lowest BCUT2D eigenvalue weighted by Crippen LogP contribution is -2.24. The first-order valence-electron chi connectivity index (χ1n) is 6.76. The van der Waals surface area contributed by atoms with Crippen molar-refractivity contribution in [2.24, 2.45) is 16.5 Å². The van der Waals surface area contributed by atoms with Gasteiger partial charge in [0.2, 0.25) is 5.13 Å². The number of aliphatic imine (C=N–C) groups is 1. The van der Waals surface area contributed by atoms with Crippen LogP contribution in [0, 0.1) is 10.1 Å². The van der Waals surface area contributed by atoms with Crippen molar-refractivity contribution in [2.45, 2.75) is 6.54 Å². The topological polar surface area (TPSA) is 157 Å². The maximum absolute atomic E-state index is 10.5. The number of nitrogens with two attached hydrogens (primary N) is 2. The average Bonchev–Trinajstić information content (AvgIpc) is 2.99. The van der Waals surface area contributed by atoms with E-state index in [1.54, 1.807) is 18.5 Å². The molecule has 0 aromatic carbocycles. The number of nitro groups is 1. The highest BCUT2D eigenvalue weighted by atomic mass is 32.1. The van der Waals surface area contributed by atoms with Gasteiger partial charge in [0.05, 0.1) is 22.9 Å². The van der Waals surface area contributed by atoms with E-state index in [1.165, 1.54) is 11.3 Å². The van der Waals surface area contributed by atoms with Crippen molar-refractivity contribution < 1.29 is 4.92 Å². The zero-order chi connectivity index (χ0) is 17.5. The fourth-order valence-electron chi connectivity index (χ4n) is 1.75. The number of pyridine rings is 1. The predicted octanol–water partition coefficient (Wildman–Crippen LogP) is 0.495. The lowest BCUT2D eigenvalue weighted by atomic mass is 10.2. The number of aromatic nitrogens is 2. The summed E-state index contributed by atoms with van der Waals surface area (Å²) in [5.41, 5.74) is 12.7. The van der Waals surface area contributed by atoms with E-state index in [2.05, 4.69) is 25.6 Å². The minimum absolute atomic E-state index is 0.0565. The van der Waals surface area contributed by atoms with Gasteiger partial charge in [-0.3, -0.25) is 10.1 Å². The summed E-state index contributed by atoms with van der Waals surface area (Å²) in [7, 11) is 1.59. The van der Waals surface area contributed by atoms with Gasteiger partial charge < -0.3 is 22.1 Å². The molecule has 2 aromatic heterocycles. The minimum Gasteiger partial charge on any atom is -0.370 e. The molecule has 0 aliphatic rings. The molecule has 0 atom stereocenters. The Balaban J connectivity index is 2.13. The Morgan fingerprint density at radius 2 is 2.21 bits per heavy atom. The molecule has 0 saturated heterocycles. The van der Waals surface area contributed by atoms with Crippen LogP contribution in [0.25, 0.3) is 11.4 Å². The molecule has 0 saturated carbocycles. The zero-order valence-electron chi connectivity index (χ0n) is 12.8. The molecule has 2 rings (SSSR count). The third-order valence-corrected chi connectivity index (χ3v) is 3.48. The van der Waals surface area contributed by atoms with E-state index in [0.29, 0.717) is 28.8 Å². The van der Waals surface area contributed by atoms with E-state index in [1.807, 2.05) is 12.1 Å². The van der Waals surface area contributed by atoms with Gasteiger partial charge in [-0.25, -0.2) is 9.97 Å². The molecule has 0 aliphatic heterocycles. The molecule has 10 nitrogen and oxygen atoms in total. The first-order chi connectivity index (χ1) is 11.5. The molecule has 0 spiro atoms. The van der Waals surface area contributed by atoms with Crippen LogP contribution in [0.2, 0.25) is 0 Å². The van der Waals surface area contributed by atoms with Crippen molar-refractivity contribution in [3.8, 4) is 11.4 Å². The molecule has 6 N–H and O–H groups in total. The lowest BCUT2D eigenvalue weighted by molar-refractivity contribution is -0.404. The summed E-state index contributed by atoms with van der Waals surface area (Å²) >= 11 is 1.30. The second kappa shape index (κ2) is 7.87. The Bertz CT molecular complexity index is 782. The highest BCUT2D eigenvalue weighted by Crippen LogP contribution is 2.25. The second-order valence-electron chi connectivity index (χ2n) is 4.50. The Morgan fingerprint density at radius 3 is 2.88 bits per heavy atom. The number of hydrogen-bond donors (Lipinski definition) is 4. The minimum atomic E-state index is -0.539. The lowest BCUT2D eigenvalue weighted by Gasteiger charge is -2.08. The van der Waals surface area contributed by atoms with Gasteiger partial charge in [0.15, 0.2) is 11.8 Å². The number of hydrogen-bond acceptors (Lipinski definition) is 8. The Labute approximate surface area is 141 Å². The molecule has 0 fully saturated rings. The molecule has 0 unspecified atom stereocenters.